The topological polar surface area (TPSA) is 149 Å². The summed E-state index contributed by atoms with van der Waals surface area (Å²) in [5.41, 5.74) is 15.1. The van der Waals surface area contributed by atoms with Gasteiger partial charge in [-0.2, -0.15) is 4.98 Å². The Kier molecular flexibility index (Phi) is 7.96. The normalized spacial score (nSPS) is 15.2. The van der Waals surface area contributed by atoms with E-state index in [1.165, 1.54) is 18.3 Å². The maximum absolute atomic E-state index is 15.2. The highest BCUT2D eigenvalue weighted by molar-refractivity contribution is 6.32. The SMILES string of the molecule is C/C(N)=C/C(N)=Nc1nc(Nc2cc(C)c(C3CCN(C(=O)c4c(C)noc4C)CC3)cc2F)ncc1Cl. The third kappa shape index (κ3) is 5.94. The molecule has 1 amide bonds. The fraction of sp³-hybridized carbons (Fsp3) is 0.346. The van der Waals surface area contributed by atoms with Crippen LogP contribution in [0.1, 0.15) is 58.6 Å². The maximum Gasteiger partial charge on any atom is 0.259 e. The Morgan fingerprint density at radius 1 is 1.26 bits per heavy atom. The monoisotopic (exact) mass is 540 g/mol. The minimum atomic E-state index is -0.440. The van der Waals surface area contributed by atoms with E-state index in [0.29, 0.717) is 35.8 Å². The van der Waals surface area contributed by atoms with Gasteiger partial charge < -0.3 is 26.2 Å². The molecule has 3 aromatic rings. The molecular formula is C26H30ClFN8O2. The zero-order valence-corrected chi connectivity index (χ0v) is 22.4. The highest BCUT2D eigenvalue weighted by atomic mass is 35.5. The molecule has 2 aromatic heterocycles. The van der Waals surface area contributed by atoms with Crippen LogP contribution in [0, 0.1) is 26.6 Å². The quantitative estimate of drug-likeness (QED) is 0.298. The van der Waals surface area contributed by atoms with E-state index >= 15 is 4.39 Å². The molecule has 4 rings (SSSR count). The van der Waals surface area contributed by atoms with Gasteiger partial charge in [0.25, 0.3) is 5.91 Å². The van der Waals surface area contributed by atoms with Crippen molar-refractivity contribution < 1.29 is 13.7 Å². The van der Waals surface area contributed by atoms with Gasteiger partial charge in [-0.1, -0.05) is 16.8 Å². The van der Waals surface area contributed by atoms with Gasteiger partial charge in [0.05, 0.1) is 17.6 Å². The van der Waals surface area contributed by atoms with E-state index in [4.69, 9.17) is 27.6 Å². The molecule has 1 saturated heterocycles. The van der Waals surface area contributed by atoms with Crippen LogP contribution >= 0.6 is 11.6 Å². The number of aliphatic imine (C=N–C) groups is 1. The average molecular weight is 541 g/mol. The molecule has 0 atom stereocenters. The first-order valence-corrected chi connectivity index (χ1v) is 12.5. The molecular weight excluding hydrogens is 511 g/mol. The molecule has 0 unspecified atom stereocenters. The summed E-state index contributed by atoms with van der Waals surface area (Å²) in [5, 5.41) is 6.97. The van der Waals surface area contributed by atoms with Gasteiger partial charge in [-0.05, 0) is 75.8 Å². The number of benzene rings is 1. The van der Waals surface area contributed by atoms with E-state index in [1.54, 1.807) is 31.7 Å². The van der Waals surface area contributed by atoms with Crippen molar-refractivity contribution >= 4 is 40.8 Å². The molecule has 0 radical (unpaired) electrons. The first-order valence-electron chi connectivity index (χ1n) is 12.1. The Balaban J connectivity index is 1.47. The van der Waals surface area contributed by atoms with Crippen molar-refractivity contribution in [2.24, 2.45) is 16.5 Å². The van der Waals surface area contributed by atoms with Gasteiger partial charge in [0, 0.05) is 18.8 Å². The minimum absolute atomic E-state index is 0.0789. The summed E-state index contributed by atoms with van der Waals surface area (Å²) in [5.74, 6) is 0.501. The minimum Gasteiger partial charge on any atom is -0.402 e. The number of halogens is 2. The summed E-state index contributed by atoms with van der Waals surface area (Å²) in [6.45, 7) is 8.24. The highest BCUT2D eigenvalue weighted by Crippen LogP contribution is 2.34. The number of nitrogens with zero attached hydrogens (tertiary/aromatic N) is 5. The van der Waals surface area contributed by atoms with E-state index in [1.807, 2.05) is 6.92 Å². The summed E-state index contributed by atoms with van der Waals surface area (Å²) < 4.78 is 20.3. The van der Waals surface area contributed by atoms with Crippen LogP contribution in [0.5, 0.6) is 0 Å². The molecule has 0 aliphatic carbocycles. The van der Waals surface area contributed by atoms with Crippen LogP contribution in [0.3, 0.4) is 0 Å². The maximum atomic E-state index is 15.2. The first-order chi connectivity index (χ1) is 18.0. The third-order valence-corrected chi connectivity index (χ3v) is 6.67. The zero-order chi connectivity index (χ0) is 27.6. The Morgan fingerprint density at radius 2 is 1.97 bits per heavy atom. The fourth-order valence-corrected chi connectivity index (χ4v) is 4.71. The number of amidine groups is 1. The van der Waals surface area contributed by atoms with Gasteiger partial charge in [0.15, 0.2) is 5.82 Å². The van der Waals surface area contributed by atoms with Crippen molar-refractivity contribution in [1.29, 1.82) is 0 Å². The van der Waals surface area contributed by atoms with Crippen LogP contribution in [0.25, 0.3) is 0 Å². The Hall–Kier alpha value is -3.99. The van der Waals surface area contributed by atoms with Gasteiger partial charge >= 0.3 is 0 Å². The number of nitrogens with one attached hydrogen (secondary N) is 1. The molecule has 0 saturated carbocycles. The number of carbonyl (C=O) groups excluding carboxylic acids is 1. The van der Waals surface area contributed by atoms with Crippen molar-refractivity contribution in [3.8, 4) is 0 Å². The van der Waals surface area contributed by atoms with Gasteiger partial charge in [-0.15, -0.1) is 0 Å². The molecule has 0 spiro atoms. The lowest BCUT2D eigenvalue weighted by Crippen LogP contribution is -2.38. The molecule has 12 heteroatoms. The number of allylic oxidation sites excluding steroid dienone is 1. The van der Waals surface area contributed by atoms with E-state index in [2.05, 4.69) is 25.4 Å². The predicted molar refractivity (Wildman–Crippen MR) is 145 cm³/mol. The summed E-state index contributed by atoms with van der Waals surface area (Å²) >= 11 is 6.14. The number of carbonyl (C=O) groups is 1. The van der Waals surface area contributed by atoms with E-state index in [9.17, 15) is 4.79 Å². The molecule has 1 aromatic carbocycles. The van der Waals surface area contributed by atoms with Crippen molar-refractivity contribution in [1.82, 2.24) is 20.0 Å². The summed E-state index contributed by atoms with van der Waals surface area (Å²) in [7, 11) is 0. The summed E-state index contributed by atoms with van der Waals surface area (Å²) in [6.07, 6.45) is 4.28. The molecule has 10 nitrogen and oxygen atoms in total. The molecule has 38 heavy (non-hydrogen) atoms. The zero-order valence-electron chi connectivity index (χ0n) is 21.7. The van der Waals surface area contributed by atoms with Crippen molar-refractivity contribution in [3.63, 3.8) is 0 Å². The van der Waals surface area contributed by atoms with Crippen molar-refractivity contribution in [3.05, 3.63) is 69.1 Å². The third-order valence-electron chi connectivity index (χ3n) is 6.41. The van der Waals surface area contributed by atoms with Crippen LogP contribution in [0.15, 0.2) is 39.6 Å². The van der Waals surface area contributed by atoms with Crippen molar-refractivity contribution in [2.45, 2.75) is 46.5 Å². The number of amides is 1. The second kappa shape index (κ2) is 11.2. The lowest BCUT2D eigenvalue weighted by Gasteiger charge is -2.33. The Morgan fingerprint density at radius 3 is 2.61 bits per heavy atom. The van der Waals surface area contributed by atoms with Gasteiger partial charge in [0.1, 0.15) is 28.0 Å². The Bertz CT molecular complexity index is 1400. The molecule has 5 N–H and O–H groups in total. The molecule has 1 aliphatic rings. The number of aryl methyl sites for hydroxylation is 3. The molecule has 1 fully saturated rings. The lowest BCUT2D eigenvalue weighted by atomic mass is 9.86. The van der Waals surface area contributed by atoms with E-state index in [-0.39, 0.29) is 40.1 Å². The van der Waals surface area contributed by atoms with Crippen LogP contribution in [0.2, 0.25) is 5.02 Å². The molecule has 3 heterocycles. The largest absolute Gasteiger partial charge is 0.402 e. The second-order valence-corrected chi connectivity index (χ2v) is 9.78. The van der Waals surface area contributed by atoms with E-state index < -0.39 is 5.82 Å². The average Bonchev–Trinajstić information content (AvgIpc) is 3.20. The number of anilines is 2. The number of hydrogen-bond donors (Lipinski definition) is 3. The predicted octanol–water partition coefficient (Wildman–Crippen LogP) is 4.80. The standard InChI is InChI=1S/C26H30ClFN8O2/c1-13-9-21(32-26-31-12-19(27)24(34-26)33-22(30)10-14(2)29)20(28)11-18(13)17-5-7-36(8-6-17)25(37)23-15(3)35-38-16(23)4/h9-12,17H,5-8,29H2,1-4H3,(H3,30,31,32,33,34)/b14-10-. The molecule has 200 valence electrons. The van der Waals surface area contributed by atoms with Gasteiger partial charge in [0.2, 0.25) is 5.95 Å². The number of likely N-dealkylation sites (tertiary alicyclic amines) is 1. The van der Waals surface area contributed by atoms with E-state index in [0.717, 1.165) is 24.0 Å². The highest BCUT2D eigenvalue weighted by Gasteiger charge is 2.29. The first kappa shape index (κ1) is 27.1. The lowest BCUT2D eigenvalue weighted by molar-refractivity contribution is 0.0710. The van der Waals surface area contributed by atoms with Gasteiger partial charge in [-0.3, -0.25) is 4.79 Å². The van der Waals surface area contributed by atoms with Crippen LogP contribution in [-0.2, 0) is 0 Å². The molecule has 0 bridgehead atoms. The van der Waals surface area contributed by atoms with Crippen LogP contribution in [-0.4, -0.2) is 44.9 Å². The number of rotatable bonds is 6. The smallest absolute Gasteiger partial charge is 0.259 e. The number of nitrogens with two attached hydrogens (primary N) is 2. The Labute approximate surface area is 225 Å². The van der Waals surface area contributed by atoms with Crippen molar-refractivity contribution in [2.75, 3.05) is 18.4 Å². The van der Waals surface area contributed by atoms with Crippen LogP contribution < -0.4 is 16.8 Å². The summed E-state index contributed by atoms with van der Waals surface area (Å²) in [6, 6.07) is 3.26. The number of aromatic nitrogens is 3. The summed E-state index contributed by atoms with van der Waals surface area (Å²) in [4.78, 5) is 27.3. The van der Waals surface area contributed by atoms with Crippen LogP contribution in [0.4, 0.5) is 21.8 Å². The molecule has 1 aliphatic heterocycles. The number of hydrogen-bond acceptors (Lipinski definition) is 8. The number of piperidine rings is 1. The fourth-order valence-electron chi connectivity index (χ4n) is 4.58. The second-order valence-electron chi connectivity index (χ2n) is 9.37. The van der Waals surface area contributed by atoms with Gasteiger partial charge in [-0.25, -0.2) is 14.4 Å².